The van der Waals surface area contributed by atoms with Crippen LogP contribution in [0.3, 0.4) is 0 Å². The Labute approximate surface area is 110 Å². The standard InChI is InChI=1S/C14H15F4N/c1-3-5-12(4-2)19-9-10-6-7-11(15)8-13(10)14(16,17)18/h1,6-8,12,19H,4-5,9H2,2H3. The molecule has 1 unspecified atom stereocenters. The van der Waals surface area contributed by atoms with Crippen LogP contribution < -0.4 is 5.32 Å². The highest BCUT2D eigenvalue weighted by atomic mass is 19.4. The first kappa shape index (κ1) is 15.5. The van der Waals surface area contributed by atoms with Gasteiger partial charge in [0.05, 0.1) is 5.56 Å². The van der Waals surface area contributed by atoms with Crippen LogP contribution in [0.4, 0.5) is 17.6 Å². The van der Waals surface area contributed by atoms with Crippen LogP contribution >= 0.6 is 0 Å². The van der Waals surface area contributed by atoms with Gasteiger partial charge in [0.1, 0.15) is 5.82 Å². The molecule has 0 aromatic heterocycles. The Bertz CT molecular complexity index is 459. The van der Waals surface area contributed by atoms with Crippen LogP contribution in [0, 0.1) is 18.2 Å². The fourth-order valence-electron chi connectivity index (χ4n) is 1.72. The molecule has 104 valence electrons. The first-order valence-corrected chi connectivity index (χ1v) is 5.91. The third-order valence-corrected chi connectivity index (χ3v) is 2.82. The van der Waals surface area contributed by atoms with E-state index in [1.165, 1.54) is 0 Å². The molecule has 1 aromatic rings. The Kier molecular flexibility index (Phi) is 5.37. The van der Waals surface area contributed by atoms with E-state index in [2.05, 4.69) is 11.2 Å². The minimum atomic E-state index is -4.56. The molecule has 0 bridgehead atoms. The van der Waals surface area contributed by atoms with E-state index in [-0.39, 0.29) is 18.2 Å². The fourth-order valence-corrected chi connectivity index (χ4v) is 1.72. The molecule has 1 rings (SSSR count). The molecule has 0 spiro atoms. The first-order valence-electron chi connectivity index (χ1n) is 5.91. The summed E-state index contributed by atoms with van der Waals surface area (Å²) < 4.78 is 51.2. The smallest absolute Gasteiger partial charge is 0.309 e. The minimum Gasteiger partial charge on any atom is -0.309 e. The quantitative estimate of drug-likeness (QED) is 0.636. The normalized spacial score (nSPS) is 13.1. The van der Waals surface area contributed by atoms with Gasteiger partial charge in [0.15, 0.2) is 0 Å². The van der Waals surface area contributed by atoms with E-state index in [1.54, 1.807) is 0 Å². The zero-order chi connectivity index (χ0) is 14.5. The van der Waals surface area contributed by atoms with Crippen LogP contribution in [0.2, 0.25) is 0 Å². The average molecular weight is 273 g/mol. The summed E-state index contributed by atoms with van der Waals surface area (Å²) in [6, 6.07) is 2.64. The third kappa shape index (κ3) is 4.56. The molecule has 5 heteroatoms. The molecule has 0 heterocycles. The Morgan fingerprint density at radius 3 is 2.58 bits per heavy atom. The number of nitrogens with one attached hydrogen (secondary N) is 1. The van der Waals surface area contributed by atoms with Crippen molar-refractivity contribution < 1.29 is 17.6 Å². The van der Waals surface area contributed by atoms with Crippen molar-refractivity contribution in [3.63, 3.8) is 0 Å². The van der Waals surface area contributed by atoms with E-state index in [9.17, 15) is 17.6 Å². The maximum absolute atomic E-state index is 12.9. The highest BCUT2D eigenvalue weighted by Crippen LogP contribution is 2.32. The van der Waals surface area contributed by atoms with Crippen LogP contribution in [-0.2, 0) is 12.7 Å². The summed E-state index contributed by atoms with van der Waals surface area (Å²) in [5, 5.41) is 2.95. The van der Waals surface area contributed by atoms with Gasteiger partial charge in [0, 0.05) is 19.0 Å². The van der Waals surface area contributed by atoms with Gasteiger partial charge < -0.3 is 5.32 Å². The zero-order valence-corrected chi connectivity index (χ0v) is 10.5. The lowest BCUT2D eigenvalue weighted by Crippen LogP contribution is -2.28. The number of hydrogen-bond donors (Lipinski definition) is 1. The van der Waals surface area contributed by atoms with E-state index >= 15 is 0 Å². The molecule has 0 aliphatic carbocycles. The summed E-state index contributed by atoms with van der Waals surface area (Å²) >= 11 is 0. The minimum absolute atomic E-state index is 0.00924. The van der Waals surface area contributed by atoms with Crippen molar-refractivity contribution >= 4 is 0 Å². The molecule has 19 heavy (non-hydrogen) atoms. The van der Waals surface area contributed by atoms with Gasteiger partial charge in [-0.3, -0.25) is 0 Å². The Hall–Kier alpha value is -1.54. The van der Waals surface area contributed by atoms with Crippen molar-refractivity contribution in [2.24, 2.45) is 0 Å². The summed E-state index contributed by atoms with van der Waals surface area (Å²) in [6.45, 7) is 1.90. The van der Waals surface area contributed by atoms with Crippen LogP contribution in [0.1, 0.15) is 30.9 Å². The summed E-state index contributed by atoms with van der Waals surface area (Å²) in [5.74, 6) is 1.57. The van der Waals surface area contributed by atoms with Gasteiger partial charge in [-0.2, -0.15) is 13.2 Å². The van der Waals surface area contributed by atoms with E-state index < -0.39 is 17.6 Å². The van der Waals surface area contributed by atoms with Crippen molar-refractivity contribution in [1.82, 2.24) is 5.32 Å². The molecule has 0 saturated heterocycles. The monoisotopic (exact) mass is 273 g/mol. The predicted octanol–water partition coefficient (Wildman–Crippen LogP) is 3.74. The molecule has 1 aromatic carbocycles. The molecule has 0 radical (unpaired) electrons. The number of terminal acetylenes is 1. The largest absolute Gasteiger partial charge is 0.416 e. The number of halogens is 4. The van der Waals surface area contributed by atoms with Crippen LogP contribution in [0.25, 0.3) is 0 Å². The van der Waals surface area contributed by atoms with Gasteiger partial charge >= 0.3 is 6.18 Å². The van der Waals surface area contributed by atoms with Gasteiger partial charge in [-0.05, 0) is 24.1 Å². The molecule has 0 aliphatic rings. The molecule has 1 N–H and O–H groups in total. The van der Waals surface area contributed by atoms with E-state index in [4.69, 9.17) is 6.42 Å². The summed E-state index contributed by atoms with van der Waals surface area (Å²) in [6.07, 6.45) is 1.77. The first-order chi connectivity index (χ1) is 8.88. The van der Waals surface area contributed by atoms with E-state index in [0.717, 1.165) is 12.1 Å². The summed E-state index contributed by atoms with van der Waals surface area (Å²) in [4.78, 5) is 0. The van der Waals surface area contributed by atoms with Crippen molar-refractivity contribution in [1.29, 1.82) is 0 Å². The molecule has 1 atom stereocenters. The highest BCUT2D eigenvalue weighted by Gasteiger charge is 2.33. The molecule has 0 fully saturated rings. The lowest BCUT2D eigenvalue weighted by molar-refractivity contribution is -0.138. The van der Waals surface area contributed by atoms with Gasteiger partial charge in [0.2, 0.25) is 0 Å². The molecular weight excluding hydrogens is 258 g/mol. The third-order valence-electron chi connectivity index (χ3n) is 2.82. The van der Waals surface area contributed by atoms with Gasteiger partial charge in [-0.1, -0.05) is 13.0 Å². The van der Waals surface area contributed by atoms with Crippen molar-refractivity contribution in [2.45, 2.75) is 38.5 Å². The Balaban J connectivity index is 2.87. The zero-order valence-electron chi connectivity index (χ0n) is 10.5. The lowest BCUT2D eigenvalue weighted by atomic mass is 10.1. The van der Waals surface area contributed by atoms with Crippen LogP contribution in [0.5, 0.6) is 0 Å². The number of benzene rings is 1. The predicted molar refractivity (Wildman–Crippen MR) is 65.8 cm³/mol. The number of rotatable bonds is 5. The summed E-state index contributed by atoms with van der Waals surface area (Å²) in [5.41, 5.74) is -0.931. The van der Waals surface area contributed by atoms with Crippen molar-refractivity contribution in [3.05, 3.63) is 35.1 Å². The van der Waals surface area contributed by atoms with Crippen molar-refractivity contribution in [2.75, 3.05) is 0 Å². The maximum Gasteiger partial charge on any atom is 0.416 e. The second-order valence-corrected chi connectivity index (χ2v) is 4.19. The molecule has 0 amide bonds. The van der Waals surface area contributed by atoms with E-state index in [0.29, 0.717) is 18.9 Å². The summed E-state index contributed by atoms with van der Waals surface area (Å²) in [7, 11) is 0. The molecule has 1 nitrogen and oxygen atoms in total. The van der Waals surface area contributed by atoms with E-state index in [1.807, 2.05) is 6.92 Å². The van der Waals surface area contributed by atoms with Gasteiger partial charge in [0.25, 0.3) is 0 Å². The number of alkyl halides is 3. The topological polar surface area (TPSA) is 12.0 Å². The molecule has 0 saturated carbocycles. The van der Waals surface area contributed by atoms with Crippen molar-refractivity contribution in [3.8, 4) is 12.3 Å². The Morgan fingerprint density at radius 2 is 2.05 bits per heavy atom. The molecular formula is C14H15F4N. The lowest BCUT2D eigenvalue weighted by Gasteiger charge is -2.17. The highest BCUT2D eigenvalue weighted by molar-refractivity contribution is 5.30. The Morgan fingerprint density at radius 1 is 1.37 bits per heavy atom. The maximum atomic E-state index is 12.9. The second-order valence-electron chi connectivity index (χ2n) is 4.19. The average Bonchev–Trinajstić information content (AvgIpc) is 2.34. The number of hydrogen-bond acceptors (Lipinski definition) is 1. The van der Waals surface area contributed by atoms with Gasteiger partial charge in [-0.25, -0.2) is 4.39 Å². The molecule has 0 aliphatic heterocycles. The SMILES string of the molecule is C#CCC(CC)NCc1ccc(F)cc1C(F)(F)F. The second kappa shape index (κ2) is 6.58. The van der Waals surface area contributed by atoms with Gasteiger partial charge in [-0.15, -0.1) is 12.3 Å². The fraction of sp³-hybridized carbons (Fsp3) is 0.429. The van der Waals surface area contributed by atoms with Crippen LogP contribution in [0.15, 0.2) is 18.2 Å². The van der Waals surface area contributed by atoms with Crippen LogP contribution in [-0.4, -0.2) is 6.04 Å².